The number of carbonyl (C=O) groups is 1. The van der Waals surface area contributed by atoms with Gasteiger partial charge >= 0.3 is 12.1 Å². The second kappa shape index (κ2) is 8.57. The van der Waals surface area contributed by atoms with Crippen LogP contribution in [0.2, 0.25) is 0 Å². The van der Waals surface area contributed by atoms with Crippen LogP contribution in [0.5, 0.6) is 0 Å². The van der Waals surface area contributed by atoms with Gasteiger partial charge in [-0.2, -0.15) is 18.2 Å². The van der Waals surface area contributed by atoms with E-state index in [1.165, 1.54) is 12.1 Å². The molecular formula is C24H20F3N3O3. The maximum atomic E-state index is 13.4. The topological polar surface area (TPSA) is 88.2 Å². The van der Waals surface area contributed by atoms with E-state index < -0.39 is 23.6 Å². The van der Waals surface area contributed by atoms with Crippen molar-refractivity contribution < 1.29 is 27.6 Å². The van der Waals surface area contributed by atoms with E-state index >= 15 is 0 Å². The van der Waals surface area contributed by atoms with E-state index in [1.54, 1.807) is 13.8 Å². The van der Waals surface area contributed by atoms with Crippen LogP contribution in [-0.4, -0.2) is 21.2 Å². The van der Waals surface area contributed by atoms with Crippen LogP contribution in [0.25, 0.3) is 5.57 Å². The fraction of sp³-hybridized carbons (Fsp3) is 0.208. The molecule has 2 N–H and O–H groups in total. The molecule has 0 fully saturated rings. The predicted molar refractivity (Wildman–Crippen MR) is 114 cm³/mol. The number of hydrogen-bond acceptors (Lipinski definition) is 5. The highest BCUT2D eigenvalue weighted by atomic mass is 19.4. The number of nitrogens with zero attached hydrogens (tertiary/aromatic N) is 2. The molecule has 6 nitrogen and oxygen atoms in total. The van der Waals surface area contributed by atoms with Crippen molar-refractivity contribution in [2.24, 2.45) is 0 Å². The Bertz CT molecular complexity index is 1260. The minimum absolute atomic E-state index is 0.0552. The first-order chi connectivity index (χ1) is 15.6. The van der Waals surface area contributed by atoms with Crippen molar-refractivity contribution in [2.45, 2.75) is 32.4 Å². The van der Waals surface area contributed by atoms with Gasteiger partial charge in [-0.05, 0) is 31.0 Å². The normalized spacial score (nSPS) is 16.7. The number of benzene rings is 2. The fourth-order valence-electron chi connectivity index (χ4n) is 4.00. The Morgan fingerprint density at radius 2 is 1.82 bits per heavy atom. The van der Waals surface area contributed by atoms with Crippen molar-refractivity contribution in [3.05, 3.63) is 100.0 Å². The molecule has 4 rings (SSSR count). The SMILES string of the molecule is CC1=C(C(=O)O)C(c2cccc(C(F)(F)F)c2)C(c2nc(Cc3ccccc3)no2)=C(C)N1. The summed E-state index contributed by atoms with van der Waals surface area (Å²) in [7, 11) is 0. The van der Waals surface area contributed by atoms with Gasteiger partial charge in [0.2, 0.25) is 0 Å². The predicted octanol–water partition coefficient (Wildman–Crippen LogP) is 5.16. The molecule has 0 bridgehead atoms. The molecule has 1 unspecified atom stereocenters. The van der Waals surface area contributed by atoms with Crippen molar-refractivity contribution in [1.82, 2.24) is 15.5 Å². The summed E-state index contributed by atoms with van der Waals surface area (Å²) in [4.78, 5) is 16.6. The maximum absolute atomic E-state index is 13.4. The second-order valence-corrected chi connectivity index (χ2v) is 7.74. The number of dihydropyridines is 1. The van der Waals surface area contributed by atoms with E-state index in [-0.39, 0.29) is 17.0 Å². The number of hydrogen-bond donors (Lipinski definition) is 2. The average Bonchev–Trinajstić information content (AvgIpc) is 3.21. The number of halogens is 3. The summed E-state index contributed by atoms with van der Waals surface area (Å²) in [5.74, 6) is -1.85. The summed E-state index contributed by atoms with van der Waals surface area (Å²) < 4.78 is 45.6. The van der Waals surface area contributed by atoms with Crippen LogP contribution in [0.4, 0.5) is 13.2 Å². The lowest BCUT2D eigenvalue weighted by Gasteiger charge is -2.29. The highest BCUT2D eigenvalue weighted by molar-refractivity contribution is 5.95. The van der Waals surface area contributed by atoms with Gasteiger partial charge in [0.1, 0.15) is 0 Å². The molecule has 0 spiro atoms. The summed E-state index contributed by atoms with van der Waals surface area (Å²) in [6.45, 7) is 3.26. The van der Waals surface area contributed by atoms with Crippen molar-refractivity contribution in [3.8, 4) is 0 Å². The molecular weight excluding hydrogens is 435 g/mol. The van der Waals surface area contributed by atoms with Gasteiger partial charge < -0.3 is 14.9 Å². The lowest BCUT2D eigenvalue weighted by atomic mass is 9.80. The largest absolute Gasteiger partial charge is 0.478 e. The lowest BCUT2D eigenvalue weighted by molar-refractivity contribution is -0.137. The van der Waals surface area contributed by atoms with Gasteiger partial charge in [-0.15, -0.1) is 0 Å². The van der Waals surface area contributed by atoms with Crippen LogP contribution in [0.15, 0.2) is 76.1 Å². The van der Waals surface area contributed by atoms with Crippen LogP contribution in [0, 0.1) is 0 Å². The molecule has 2 aromatic carbocycles. The molecule has 1 aliphatic rings. The summed E-state index contributed by atoms with van der Waals surface area (Å²) >= 11 is 0. The van der Waals surface area contributed by atoms with Gasteiger partial charge in [0.15, 0.2) is 5.82 Å². The minimum atomic E-state index is -4.57. The Hall–Kier alpha value is -3.88. The Morgan fingerprint density at radius 3 is 2.48 bits per heavy atom. The zero-order valence-corrected chi connectivity index (χ0v) is 17.8. The quantitative estimate of drug-likeness (QED) is 0.553. The van der Waals surface area contributed by atoms with Crippen LogP contribution in [0.1, 0.15) is 48.2 Å². The van der Waals surface area contributed by atoms with E-state index in [0.29, 0.717) is 29.2 Å². The molecule has 9 heteroatoms. The molecule has 0 saturated carbocycles. The third-order valence-electron chi connectivity index (χ3n) is 5.44. The van der Waals surface area contributed by atoms with Crippen LogP contribution in [-0.2, 0) is 17.4 Å². The number of nitrogens with one attached hydrogen (secondary N) is 1. The highest BCUT2D eigenvalue weighted by Crippen LogP contribution is 2.44. The second-order valence-electron chi connectivity index (χ2n) is 7.74. The van der Waals surface area contributed by atoms with Crippen molar-refractivity contribution in [3.63, 3.8) is 0 Å². The Kier molecular flexibility index (Phi) is 5.80. The molecule has 0 aliphatic carbocycles. The summed E-state index contributed by atoms with van der Waals surface area (Å²) in [6.07, 6.45) is -4.18. The highest BCUT2D eigenvalue weighted by Gasteiger charge is 2.38. The standard InChI is InChI=1S/C24H20F3N3O3/c1-13-19(22-29-18(30-33-22)11-15-7-4-3-5-8-15)21(20(23(31)32)14(2)28-13)16-9-6-10-17(12-16)24(25,26)27/h3-10,12,21,28H,11H2,1-2H3,(H,31,32). The van der Waals surface area contributed by atoms with Gasteiger partial charge in [0.05, 0.1) is 17.1 Å². The van der Waals surface area contributed by atoms with Crippen molar-refractivity contribution in [2.75, 3.05) is 0 Å². The minimum Gasteiger partial charge on any atom is -0.478 e. The first kappa shape index (κ1) is 22.3. The number of carboxylic acids is 1. The number of aliphatic carboxylic acids is 1. The smallest absolute Gasteiger partial charge is 0.416 e. The number of alkyl halides is 3. The molecule has 2 heterocycles. The van der Waals surface area contributed by atoms with Gasteiger partial charge in [-0.3, -0.25) is 0 Å². The molecule has 1 aliphatic heterocycles. The zero-order chi connectivity index (χ0) is 23.8. The number of rotatable bonds is 5. The molecule has 170 valence electrons. The van der Waals surface area contributed by atoms with E-state index in [4.69, 9.17) is 4.52 Å². The van der Waals surface area contributed by atoms with Gasteiger partial charge in [-0.25, -0.2) is 4.79 Å². The number of allylic oxidation sites excluding steroid dienone is 3. The Morgan fingerprint density at radius 1 is 1.09 bits per heavy atom. The number of carboxylic acid groups (broad SMARTS) is 1. The van der Waals surface area contributed by atoms with Crippen molar-refractivity contribution >= 4 is 11.5 Å². The molecule has 1 aromatic heterocycles. The van der Waals surface area contributed by atoms with Gasteiger partial charge in [0.25, 0.3) is 5.89 Å². The Labute approximate surface area is 187 Å². The first-order valence-corrected chi connectivity index (χ1v) is 10.1. The first-order valence-electron chi connectivity index (χ1n) is 10.1. The summed E-state index contributed by atoms with van der Waals surface area (Å²) in [6, 6.07) is 14.1. The van der Waals surface area contributed by atoms with E-state index in [9.17, 15) is 23.1 Å². The molecule has 1 atom stereocenters. The summed E-state index contributed by atoms with van der Waals surface area (Å²) in [5.41, 5.74) is 1.34. The van der Waals surface area contributed by atoms with Crippen LogP contribution in [0.3, 0.4) is 0 Å². The van der Waals surface area contributed by atoms with Crippen LogP contribution < -0.4 is 5.32 Å². The molecule has 0 radical (unpaired) electrons. The van der Waals surface area contributed by atoms with E-state index in [1.807, 2.05) is 30.3 Å². The average molecular weight is 455 g/mol. The third kappa shape index (κ3) is 4.52. The van der Waals surface area contributed by atoms with Crippen LogP contribution >= 0.6 is 0 Å². The lowest BCUT2D eigenvalue weighted by Crippen LogP contribution is -2.27. The van der Waals surface area contributed by atoms with Gasteiger partial charge in [-0.1, -0.05) is 53.7 Å². The maximum Gasteiger partial charge on any atom is 0.416 e. The van der Waals surface area contributed by atoms with E-state index in [0.717, 1.165) is 17.7 Å². The molecule has 33 heavy (non-hydrogen) atoms. The van der Waals surface area contributed by atoms with Gasteiger partial charge in [0, 0.05) is 23.4 Å². The Balaban J connectivity index is 1.81. The zero-order valence-electron chi connectivity index (χ0n) is 17.8. The number of aromatic nitrogens is 2. The summed E-state index contributed by atoms with van der Waals surface area (Å²) in [5, 5.41) is 16.9. The molecule has 0 amide bonds. The third-order valence-corrected chi connectivity index (χ3v) is 5.44. The molecule has 3 aromatic rings. The molecule has 0 saturated heterocycles. The monoisotopic (exact) mass is 455 g/mol. The fourth-order valence-corrected chi connectivity index (χ4v) is 4.00. The van der Waals surface area contributed by atoms with Crippen molar-refractivity contribution in [1.29, 1.82) is 0 Å². The van der Waals surface area contributed by atoms with E-state index in [2.05, 4.69) is 15.5 Å².